The van der Waals surface area contributed by atoms with Gasteiger partial charge in [-0.25, -0.2) is 4.79 Å². The monoisotopic (exact) mass is 487 g/mol. The molecule has 1 N–H and O–H groups in total. The number of anilines is 1. The Morgan fingerprint density at radius 3 is 2.47 bits per heavy atom. The molecule has 10 nitrogen and oxygen atoms in total. The predicted molar refractivity (Wildman–Crippen MR) is 130 cm³/mol. The molecular formula is C26H21N3O7. The summed E-state index contributed by atoms with van der Waals surface area (Å²) in [6.45, 7) is 0.0102. The van der Waals surface area contributed by atoms with Gasteiger partial charge >= 0.3 is 5.97 Å². The average molecular weight is 487 g/mol. The molecule has 0 heterocycles. The van der Waals surface area contributed by atoms with E-state index in [0.717, 1.165) is 0 Å². The minimum Gasteiger partial charge on any atom is -0.497 e. The first-order valence-corrected chi connectivity index (χ1v) is 10.5. The molecule has 0 radical (unpaired) electrons. The third-order valence-corrected chi connectivity index (χ3v) is 4.97. The Morgan fingerprint density at radius 1 is 1.08 bits per heavy atom. The molecular weight excluding hydrogens is 466 g/mol. The quantitative estimate of drug-likeness (QED) is 0.153. The number of carbonyl (C=O) groups excluding carboxylic acids is 2. The van der Waals surface area contributed by atoms with Crippen LogP contribution in [0.1, 0.15) is 21.5 Å². The highest BCUT2D eigenvalue weighted by Crippen LogP contribution is 2.28. The molecule has 3 aromatic rings. The van der Waals surface area contributed by atoms with Gasteiger partial charge in [0.15, 0.2) is 0 Å². The van der Waals surface area contributed by atoms with Crippen molar-refractivity contribution in [1.82, 2.24) is 0 Å². The lowest BCUT2D eigenvalue weighted by atomic mass is 10.1. The van der Waals surface area contributed by atoms with Crippen LogP contribution in [0.25, 0.3) is 6.08 Å². The highest BCUT2D eigenvalue weighted by Gasteiger charge is 2.14. The number of nitro benzene ring substituents is 1. The van der Waals surface area contributed by atoms with Gasteiger partial charge in [0, 0.05) is 29.4 Å². The molecule has 0 unspecified atom stereocenters. The highest BCUT2D eigenvalue weighted by atomic mass is 16.6. The Labute approximate surface area is 206 Å². The highest BCUT2D eigenvalue weighted by molar-refractivity contribution is 6.10. The van der Waals surface area contributed by atoms with E-state index in [1.807, 2.05) is 6.07 Å². The Hall–Kier alpha value is -5.17. The van der Waals surface area contributed by atoms with Gasteiger partial charge in [-0.15, -0.1) is 0 Å². The smallest absolute Gasteiger partial charge is 0.337 e. The lowest BCUT2D eigenvalue weighted by molar-refractivity contribution is -0.384. The molecule has 0 aliphatic rings. The first-order chi connectivity index (χ1) is 17.3. The summed E-state index contributed by atoms with van der Waals surface area (Å²) in [5.74, 6) is -0.384. The van der Waals surface area contributed by atoms with Crippen molar-refractivity contribution in [3.05, 3.63) is 99.1 Å². The molecule has 10 heteroatoms. The molecule has 0 aromatic heterocycles. The van der Waals surface area contributed by atoms with Crippen LogP contribution in [-0.4, -0.2) is 31.0 Å². The summed E-state index contributed by atoms with van der Waals surface area (Å²) < 4.78 is 15.7. The zero-order valence-electron chi connectivity index (χ0n) is 19.4. The summed E-state index contributed by atoms with van der Waals surface area (Å²) in [6.07, 6.45) is 1.36. The Balaban J connectivity index is 1.82. The molecule has 0 fully saturated rings. The average Bonchev–Trinajstić information content (AvgIpc) is 2.90. The van der Waals surface area contributed by atoms with Crippen molar-refractivity contribution < 1.29 is 28.7 Å². The number of carbonyl (C=O) groups is 2. The molecule has 36 heavy (non-hydrogen) atoms. The van der Waals surface area contributed by atoms with Gasteiger partial charge in [0.2, 0.25) is 0 Å². The molecule has 0 aliphatic heterocycles. The summed E-state index contributed by atoms with van der Waals surface area (Å²) in [7, 11) is 2.75. The van der Waals surface area contributed by atoms with Gasteiger partial charge in [0.25, 0.3) is 11.6 Å². The van der Waals surface area contributed by atoms with Crippen molar-refractivity contribution in [3.8, 4) is 17.6 Å². The van der Waals surface area contributed by atoms with Gasteiger partial charge in [0.1, 0.15) is 29.7 Å². The van der Waals surface area contributed by atoms with Crippen LogP contribution in [0.2, 0.25) is 0 Å². The van der Waals surface area contributed by atoms with Gasteiger partial charge in [-0.2, -0.15) is 5.26 Å². The number of amides is 1. The summed E-state index contributed by atoms with van der Waals surface area (Å²) >= 11 is 0. The van der Waals surface area contributed by atoms with Crippen molar-refractivity contribution in [2.45, 2.75) is 6.61 Å². The lowest BCUT2D eigenvalue weighted by Gasteiger charge is -2.12. The number of hydrogen-bond acceptors (Lipinski definition) is 8. The minimum atomic E-state index is -0.663. The molecule has 0 spiro atoms. The first-order valence-electron chi connectivity index (χ1n) is 10.5. The number of esters is 1. The topological polar surface area (TPSA) is 141 Å². The van der Waals surface area contributed by atoms with Gasteiger partial charge in [0.05, 0.1) is 24.7 Å². The molecule has 0 bridgehead atoms. The summed E-state index contributed by atoms with van der Waals surface area (Å²) in [6, 6.07) is 18.7. The van der Waals surface area contributed by atoms with Crippen molar-refractivity contribution in [3.63, 3.8) is 0 Å². The maximum Gasteiger partial charge on any atom is 0.337 e. The van der Waals surface area contributed by atoms with Crippen LogP contribution in [0.3, 0.4) is 0 Å². The van der Waals surface area contributed by atoms with Crippen molar-refractivity contribution in [2.75, 3.05) is 19.5 Å². The van der Waals surface area contributed by atoms with Crippen LogP contribution < -0.4 is 14.8 Å². The third kappa shape index (κ3) is 6.45. The van der Waals surface area contributed by atoms with Crippen LogP contribution in [0.4, 0.5) is 11.4 Å². The fourth-order valence-corrected chi connectivity index (χ4v) is 3.12. The van der Waals surface area contributed by atoms with Crippen LogP contribution in [0.15, 0.2) is 72.3 Å². The number of hydrogen-bond donors (Lipinski definition) is 1. The maximum absolute atomic E-state index is 12.7. The van der Waals surface area contributed by atoms with E-state index in [9.17, 15) is 25.0 Å². The van der Waals surface area contributed by atoms with E-state index in [1.165, 1.54) is 56.7 Å². The lowest BCUT2D eigenvalue weighted by Crippen LogP contribution is -2.13. The SMILES string of the molecule is COC(=O)c1ccc(NC(=O)/C(C#N)=C/c2ccc(OC)cc2OCc2cccc([N+](=O)[O-])c2)cc1. The van der Waals surface area contributed by atoms with Crippen molar-refractivity contribution in [2.24, 2.45) is 0 Å². The van der Waals surface area contributed by atoms with Gasteiger partial charge in [-0.05, 0) is 48.0 Å². The summed E-state index contributed by atoms with van der Waals surface area (Å²) in [5, 5.41) is 23.2. The molecule has 0 atom stereocenters. The summed E-state index contributed by atoms with van der Waals surface area (Å²) in [4.78, 5) is 34.8. The standard InChI is InChI=1S/C26H21N3O7/c1-34-23-11-8-19(24(14-23)36-16-17-4-3-5-22(12-17)29(32)33)13-20(15-27)25(30)28-21-9-6-18(7-10-21)26(31)35-2/h3-14H,16H2,1-2H3,(H,28,30)/b20-13+. The molecule has 0 saturated heterocycles. The first kappa shape index (κ1) is 25.5. The summed E-state index contributed by atoms with van der Waals surface area (Å²) in [5.41, 5.74) is 1.42. The van der Waals surface area contributed by atoms with Gasteiger partial charge < -0.3 is 19.5 Å². The molecule has 0 saturated carbocycles. The van der Waals surface area contributed by atoms with Crippen molar-refractivity contribution in [1.29, 1.82) is 5.26 Å². The van der Waals surface area contributed by atoms with E-state index in [2.05, 4.69) is 10.1 Å². The number of nitriles is 1. The zero-order chi connectivity index (χ0) is 26.1. The van der Waals surface area contributed by atoms with E-state index in [-0.39, 0.29) is 17.9 Å². The van der Waals surface area contributed by atoms with E-state index in [1.54, 1.807) is 30.3 Å². The number of non-ortho nitro benzene ring substituents is 1. The van der Waals surface area contributed by atoms with E-state index < -0.39 is 16.8 Å². The van der Waals surface area contributed by atoms with E-state index in [4.69, 9.17) is 9.47 Å². The normalized spacial score (nSPS) is 10.6. The van der Waals surface area contributed by atoms with Gasteiger partial charge in [-0.1, -0.05) is 12.1 Å². The Kier molecular flexibility index (Phi) is 8.35. The fourth-order valence-electron chi connectivity index (χ4n) is 3.12. The second-order valence-electron chi connectivity index (χ2n) is 7.31. The predicted octanol–water partition coefficient (Wildman–Crippen LogP) is 4.51. The zero-order valence-corrected chi connectivity index (χ0v) is 19.4. The molecule has 3 rings (SSSR count). The number of rotatable bonds is 9. The molecule has 3 aromatic carbocycles. The minimum absolute atomic E-state index is 0.0102. The van der Waals surface area contributed by atoms with Crippen LogP contribution >= 0.6 is 0 Å². The molecule has 0 aliphatic carbocycles. The van der Waals surface area contributed by atoms with Crippen LogP contribution in [0.5, 0.6) is 11.5 Å². The van der Waals surface area contributed by atoms with Crippen LogP contribution in [-0.2, 0) is 16.1 Å². The number of ether oxygens (including phenoxy) is 3. The molecule has 182 valence electrons. The molecule has 1 amide bonds. The van der Waals surface area contributed by atoms with Gasteiger partial charge in [-0.3, -0.25) is 14.9 Å². The number of nitro groups is 1. The Bertz CT molecular complexity index is 1360. The second-order valence-corrected chi connectivity index (χ2v) is 7.31. The second kappa shape index (κ2) is 11.8. The fraction of sp³-hybridized carbons (Fsp3) is 0.115. The third-order valence-electron chi connectivity index (χ3n) is 4.97. The van der Waals surface area contributed by atoms with E-state index >= 15 is 0 Å². The Morgan fingerprint density at radius 2 is 1.83 bits per heavy atom. The number of methoxy groups -OCH3 is 2. The number of nitrogens with zero attached hydrogens (tertiary/aromatic N) is 2. The van der Waals surface area contributed by atoms with Crippen LogP contribution in [0, 0.1) is 21.4 Å². The van der Waals surface area contributed by atoms with Crippen molar-refractivity contribution >= 4 is 29.3 Å². The number of nitrogens with one attached hydrogen (secondary N) is 1. The maximum atomic E-state index is 12.7. The largest absolute Gasteiger partial charge is 0.497 e. The number of benzene rings is 3. The van der Waals surface area contributed by atoms with E-state index in [0.29, 0.717) is 33.9 Å².